The second-order valence-electron chi connectivity index (χ2n) is 6.52. The number of para-hydroxylation sites is 1. The minimum atomic E-state index is -0.174. The van der Waals surface area contributed by atoms with E-state index >= 15 is 0 Å². The molecule has 0 saturated carbocycles. The molecule has 1 N–H and O–H groups in total. The van der Waals surface area contributed by atoms with Crippen molar-refractivity contribution in [2.45, 2.75) is 33.7 Å². The fourth-order valence-corrected chi connectivity index (χ4v) is 2.11. The van der Waals surface area contributed by atoms with E-state index in [-0.39, 0.29) is 16.9 Å². The summed E-state index contributed by atoms with van der Waals surface area (Å²) in [6.07, 6.45) is 0.460. The summed E-state index contributed by atoms with van der Waals surface area (Å²) in [6, 6.07) is 7.18. The summed E-state index contributed by atoms with van der Waals surface area (Å²) in [7, 11) is 1.73. The van der Waals surface area contributed by atoms with Gasteiger partial charge in [0.1, 0.15) is 5.82 Å². The third kappa shape index (κ3) is 3.90. The molecule has 0 atom stereocenters. The molecule has 0 aliphatic rings. The van der Waals surface area contributed by atoms with Crippen molar-refractivity contribution in [3.05, 3.63) is 40.4 Å². The van der Waals surface area contributed by atoms with Crippen molar-refractivity contribution in [1.29, 1.82) is 0 Å². The molecule has 0 bridgehead atoms. The molecule has 1 aromatic carbocycles. The van der Waals surface area contributed by atoms with Crippen molar-refractivity contribution in [3.63, 3.8) is 0 Å². The summed E-state index contributed by atoms with van der Waals surface area (Å²) in [5.74, 6) is 0.543. The van der Waals surface area contributed by atoms with Crippen LogP contribution in [0.25, 0.3) is 10.9 Å². The highest BCUT2D eigenvalue weighted by atomic mass is 16.2. The number of benzene rings is 1. The number of aromatic amines is 1. The Hall–Kier alpha value is -2.17. The van der Waals surface area contributed by atoms with E-state index in [0.717, 1.165) is 0 Å². The number of fused-ring (bicyclic) bond motifs is 1. The second-order valence-corrected chi connectivity index (χ2v) is 6.52. The zero-order valence-electron chi connectivity index (χ0n) is 12.9. The maximum Gasteiger partial charge on any atom is 0.258 e. The Morgan fingerprint density at radius 1 is 1.29 bits per heavy atom. The third-order valence-electron chi connectivity index (χ3n) is 3.16. The monoisotopic (exact) mass is 287 g/mol. The number of hydrogen-bond acceptors (Lipinski definition) is 3. The van der Waals surface area contributed by atoms with Gasteiger partial charge in [-0.25, -0.2) is 4.98 Å². The molecule has 2 rings (SSSR count). The van der Waals surface area contributed by atoms with Gasteiger partial charge in [0.15, 0.2) is 0 Å². The number of carbonyl (C=O) groups is 1. The van der Waals surface area contributed by atoms with E-state index in [9.17, 15) is 9.59 Å². The molecule has 0 aliphatic heterocycles. The zero-order valence-corrected chi connectivity index (χ0v) is 12.9. The third-order valence-corrected chi connectivity index (χ3v) is 3.16. The van der Waals surface area contributed by atoms with Crippen LogP contribution >= 0.6 is 0 Å². The molecule has 0 spiro atoms. The second kappa shape index (κ2) is 5.68. The molecule has 2 aromatic rings. The molecule has 0 aliphatic carbocycles. The average molecular weight is 287 g/mol. The van der Waals surface area contributed by atoms with Gasteiger partial charge in [0, 0.05) is 13.5 Å². The van der Waals surface area contributed by atoms with Gasteiger partial charge in [-0.3, -0.25) is 9.59 Å². The number of rotatable bonds is 3. The van der Waals surface area contributed by atoms with E-state index in [2.05, 4.69) is 9.97 Å². The van der Waals surface area contributed by atoms with Gasteiger partial charge in [-0.2, -0.15) is 0 Å². The predicted molar refractivity (Wildman–Crippen MR) is 82.9 cm³/mol. The van der Waals surface area contributed by atoms with Crippen LogP contribution in [0.2, 0.25) is 0 Å². The lowest BCUT2D eigenvalue weighted by molar-refractivity contribution is -0.132. The van der Waals surface area contributed by atoms with Gasteiger partial charge in [0.2, 0.25) is 5.91 Å². The first-order chi connectivity index (χ1) is 9.76. The van der Waals surface area contributed by atoms with Gasteiger partial charge in [-0.05, 0) is 17.5 Å². The summed E-state index contributed by atoms with van der Waals surface area (Å²) >= 11 is 0. The molecule has 1 heterocycles. The number of carbonyl (C=O) groups excluding carboxylic acids is 1. The van der Waals surface area contributed by atoms with Crippen LogP contribution in [0.3, 0.4) is 0 Å². The van der Waals surface area contributed by atoms with Gasteiger partial charge in [0.05, 0.1) is 17.4 Å². The molecule has 0 saturated heterocycles. The van der Waals surface area contributed by atoms with Crippen LogP contribution in [-0.2, 0) is 11.3 Å². The number of H-pyrrole nitrogens is 1. The van der Waals surface area contributed by atoms with Crippen LogP contribution in [0.4, 0.5) is 0 Å². The fraction of sp³-hybridized carbons (Fsp3) is 0.438. The Balaban J connectivity index is 2.20. The summed E-state index contributed by atoms with van der Waals surface area (Å²) in [5.41, 5.74) is 0.412. The summed E-state index contributed by atoms with van der Waals surface area (Å²) in [6.45, 7) is 6.37. The van der Waals surface area contributed by atoms with E-state index in [0.29, 0.717) is 29.7 Å². The Bertz CT molecular complexity index is 713. The lowest BCUT2D eigenvalue weighted by Crippen LogP contribution is -2.31. The minimum absolute atomic E-state index is 0.0401. The Kier molecular flexibility index (Phi) is 4.11. The van der Waals surface area contributed by atoms with Gasteiger partial charge in [-0.15, -0.1) is 0 Å². The van der Waals surface area contributed by atoms with E-state index in [4.69, 9.17) is 0 Å². The van der Waals surface area contributed by atoms with E-state index in [1.807, 2.05) is 26.8 Å². The standard InChI is InChI=1S/C16H21N3O2/c1-16(2,3)9-14(20)19(4)10-13-17-12-8-6-5-7-11(12)15(21)18-13/h5-8H,9-10H2,1-4H3,(H,17,18,21). The molecule has 112 valence electrons. The van der Waals surface area contributed by atoms with Crippen LogP contribution in [0.15, 0.2) is 29.1 Å². The fourth-order valence-electron chi connectivity index (χ4n) is 2.11. The van der Waals surface area contributed by atoms with Gasteiger partial charge in [-0.1, -0.05) is 32.9 Å². The normalized spacial score (nSPS) is 11.6. The molecule has 1 aromatic heterocycles. The van der Waals surface area contributed by atoms with Gasteiger partial charge in [0.25, 0.3) is 5.56 Å². The summed E-state index contributed by atoms with van der Waals surface area (Å²) in [4.78, 5) is 32.8. The number of aromatic nitrogens is 2. The number of hydrogen-bond donors (Lipinski definition) is 1. The van der Waals surface area contributed by atoms with Crippen molar-refractivity contribution in [2.24, 2.45) is 5.41 Å². The minimum Gasteiger partial charge on any atom is -0.338 e. The van der Waals surface area contributed by atoms with Crippen LogP contribution in [-0.4, -0.2) is 27.8 Å². The average Bonchev–Trinajstić information content (AvgIpc) is 2.36. The van der Waals surface area contributed by atoms with E-state index in [1.165, 1.54) is 0 Å². The van der Waals surface area contributed by atoms with Crippen molar-refractivity contribution < 1.29 is 4.79 Å². The van der Waals surface area contributed by atoms with Crippen molar-refractivity contribution >= 4 is 16.8 Å². The first-order valence-electron chi connectivity index (χ1n) is 6.98. The molecule has 0 fully saturated rings. The smallest absolute Gasteiger partial charge is 0.258 e. The molecule has 5 heteroatoms. The SMILES string of the molecule is CN(Cc1nc2ccccc2c(=O)[nH]1)C(=O)CC(C)(C)C. The molecule has 21 heavy (non-hydrogen) atoms. The first kappa shape index (κ1) is 15.2. The highest BCUT2D eigenvalue weighted by Gasteiger charge is 2.19. The first-order valence-corrected chi connectivity index (χ1v) is 6.98. The molecule has 5 nitrogen and oxygen atoms in total. The molecule has 0 radical (unpaired) electrons. The quantitative estimate of drug-likeness (QED) is 0.942. The lowest BCUT2D eigenvalue weighted by Gasteiger charge is -2.22. The molecular formula is C16H21N3O2. The number of amides is 1. The lowest BCUT2D eigenvalue weighted by atomic mass is 9.92. The van der Waals surface area contributed by atoms with Crippen molar-refractivity contribution in [2.75, 3.05) is 7.05 Å². The molecule has 1 amide bonds. The maximum absolute atomic E-state index is 12.1. The molecular weight excluding hydrogens is 266 g/mol. The van der Waals surface area contributed by atoms with Gasteiger partial charge < -0.3 is 9.88 Å². The van der Waals surface area contributed by atoms with Crippen LogP contribution in [0.1, 0.15) is 33.0 Å². The number of nitrogens with zero attached hydrogens (tertiary/aromatic N) is 2. The van der Waals surface area contributed by atoms with Crippen LogP contribution < -0.4 is 5.56 Å². The van der Waals surface area contributed by atoms with Crippen LogP contribution in [0.5, 0.6) is 0 Å². The zero-order chi connectivity index (χ0) is 15.6. The highest BCUT2D eigenvalue weighted by molar-refractivity contribution is 5.78. The van der Waals surface area contributed by atoms with Crippen molar-refractivity contribution in [1.82, 2.24) is 14.9 Å². The van der Waals surface area contributed by atoms with E-state index in [1.54, 1.807) is 30.1 Å². The predicted octanol–water partition coefficient (Wildman–Crippen LogP) is 2.32. The largest absolute Gasteiger partial charge is 0.338 e. The molecule has 0 unspecified atom stereocenters. The topological polar surface area (TPSA) is 66.1 Å². The van der Waals surface area contributed by atoms with Crippen LogP contribution in [0, 0.1) is 5.41 Å². The maximum atomic E-state index is 12.1. The Morgan fingerprint density at radius 3 is 2.62 bits per heavy atom. The van der Waals surface area contributed by atoms with Gasteiger partial charge >= 0.3 is 0 Å². The Morgan fingerprint density at radius 2 is 1.95 bits per heavy atom. The van der Waals surface area contributed by atoms with Crippen molar-refractivity contribution in [3.8, 4) is 0 Å². The highest BCUT2D eigenvalue weighted by Crippen LogP contribution is 2.19. The summed E-state index contributed by atoms with van der Waals surface area (Å²) in [5, 5.41) is 0.560. The Labute approximate surface area is 124 Å². The number of nitrogens with one attached hydrogen (secondary N) is 1. The van der Waals surface area contributed by atoms with E-state index < -0.39 is 0 Å². The summed E-state index contributed by atoms with van der Waals surface area (Å²) < 4.78 is 0.